The van der Waals surface area contributed by atoms with Crippen LogP contribution in [0.5, 0.6) is 11.5 Å². The lowest BCUT2D eigenvalue weighted by Crippen LogP contribution is -2.38. The van der Waals surface area contributed by atoms with Crippen molar-refractivity contribution < 1.29 is 19.0 Å². The third kappa shape index (κ3) is 5.05. The highest BCUT2D eigenvalue weighted by Crippen LogP contribution is 2.28. The Balaban J connectivity index is 1.55. The quantitative estimate of drug-likeness (QED) is 0.360. The number of methoxy groups -OCH3 is 2. The van der Waals surface area contributed by atoms with Crippen LogP contribution in [-0.4, -0.2) is 66.8 Å². The molecule has 1 aliphatic rings. The van der Waals surface area contributed by atoms with Gasteiger partial charge in [-0.2, -0.15) is 0 Å². The van der Waals surface area contributed by atoms with E-state index in [0.717, 1.165) is 24.6 Å². The molecule has 0 N–H and O–H groups in total. The van der Waals surface area contributed by atoms with Gasteiger partial charge in [-0.3, -0.25) is 9.36 Å². The van der Waals surface area contributed by atoms with Crippen LogP contribution in [0.3, 0.4) is 0 Å². The van der Waals surface area contributed by atoms with E-state index in [4.69, 9.17) is 14.2 Å². The maximum absolute atomic E-state index is 12.9. The van der Waals surface area contributed by atoms with Crippen molar-refractivity contribution in [2.45, 2.75) is 11.7 Å². The molecule has 0 aliphatic carbocycles. The minimum absolute atomic E-state index is 0.0447. The first kappa shape index (κ1) is 22.2. The summed E-state index contributed by atoms with van der Waals surface area (Å²) in [6.45, 7) is 3.48. The highest BCUT2D eigenvalue weighted by atomic mass is 32.2. The van der Waals surface area contributed by atoms with E-state index >= 15 is 0 Å². The molecule has 8 nitrogen and oxygen atoms in total. The molecule has 32 heavy (non-hydrogen) atoms. The Morgan fingerprint density at radius 1 is 1.06 bits per heavy atom. The normalized spacial score (nSPS) is 13.8. The molecule has 1 fully saturated rings. The van der Waals surface area contributed by atoms with Gasteiger partial charge in [0.2, 0.25) is 5.95 Å². The number of anilines is 1. The third-order valence-corrected chi connectivity index (χ3v) is 6.18. The summed E-state index contributed by atoms with van der Waals surface area (Å²) in [5.41, 5.74) is 1.66. The monoisotopic (exact) mass is 454 g/mol. The largest absolute Gasteiger partial charge is 0.497 e. The van der Waals surface area contributed by atoms with Crippen LogP contribution in [0, 0.1) is 0 Å². The van der Waals surface area contributed by atoms with Crippen molar-refractivity contribution in [1.29, 1.82) is 0 Å². The van der Waals surface area contributed by atoms with E-state index in [1.807, 2.05) is 18.2 Å². The van der Waals surface area contributed by atoms with Crippen LogP contribution in [-0.2, 0) is 11.3 Å². The van der Waals surface area contributed by atoms with E-state index in [9.17, 15) is 4.79 Å². The van der Waals surface area contributed by atoms with E-state index in [1.54, 1.807) is 32.4 Å². The van der Waals surface area contributed by atoms with Gasteiger partial charge in [0.1, 0.15) is 11.5 Å². The van der Waals surface area contributed by atoms with Crippen molar-refractivity contribution in [3.63, 3.8) is 0 Å². The molecule has 2 aromatic carbocycles. The summed E-state index contributed by atoms with van der Waals surface area (Å²) in [4.78, 5) is 15.1. The fraction of sp³-hybridized carbons (Fsp3) is 0.348. The molecule has 168 valence electrons. The van der Waals surface area contributed by atoms with Crippen molar-refractivity contribution in [3.8, 4) is 11.5 Å². The number of rotatable bonds is 9. The number of carbonyl (C=O) groups is 1. The molecule has 0 saturated carbocycles. The average molecular weight is 455 g/mol. The highest BCUT2D eigenvalue weighted by molar-refractivity contribution is 7.99. The molecule has 9 heteroatoms. The molecule has 0 atom stereocenters. The molecule has 4 rings (SSSR count). The van der Waals surface area contributed by atoms with Crippen molar-refractivity contribution in [2.75, 3.05) is 51.2 Å². The van der Waals surface area contributed by atoms with Crippen LogP contribution < -0.4 is 14.4 Å². The molecular formula is C23H26N4O4S. The zero-order valence-corrected chi connectivity index (χ0v) is 19.0. The molecule has 0 amide bonds. The SMILES string of the molecule is COc1ccc(C(=O)CSc2nnc(N3CCOCC3)n2Cc2ccccc2)c(OC)c1. The van der Waals surface area contributed by atoms with Crippen molar-refractivity contribution >= 4 is 23.5 Å². The maximum atomic E-state index is 12.9. The number of hydrogen-bond donors (Lipinski definition) is 0. The summed E-state index contributed by atoms with van der Waals surface area (Å²) in [6, 6.07) is 15.4. The van der Waals surface area contributed by atoms with Crippen molar-refractivity contribution in [1.82, 2.24) is 14.8 Å². The lowest BCUT2D eigenvalue weighted by Gasteiger charge is -2.28. The molecule has 3 aromatic rings. The lowest BCUT2D eigenvalue weighted by atomic mass is 10.1. The second-order valence-corrected chi connectivity index (χ2v) is 8.17. The number of nitrogens with zero attached hydrogens (tertiary/aromatic N) is 4. The second kappa shape index (κ2) is 10.5. The molecule has 0 spiro atoms. The molecule has 0 unspecified atom stereocenters. The Hall–Kier alpha value is -3.04. The number of Topliss-reactive ketones (excluding diaryl/α,β-unsaturated/α-hetero) is 1. The second-order valence-electron chi connectivity index (χ2n) is 7.23. The average Bonchev–Trinajstić information content (AvgIpc) is 3.25. The van der Waals surface area contributed by atoms with E-state index < -0.39 is 0 Å². The van der Waals surface area contributed by atoms with Crippen molar-refractivity contribution in [3.05, 3.63) is 59.7 Å². The zero-order chi connectivity index (χ0) is 22.3. The van der Waals surface area contributed by atoms with Gasteiger partial charge < -0.3 is 19.1 Å². The lowest BCUT2D eigenvalue weighted by molar-refractivity contribution is 0.101. The zero-order valence-electron chi connectivity index (χ0n) is 18.2. The highest BCUT2D eigenvalue weighted by Gasteiger charge is 2.22. The van der Waals surface area contributed by atoms with Gasteiger partial charge in [-0.1, -0.05) is 42.1 Å². The van der Waals surface area contributed by atoms with Crippen LogP contribution in [0.4, 0.5) is 5.95 Å². The topological polar surface area (TPSA) is 78.7 Å². The first-order chi connectivity index (χ1) is 15.7. The molecule has 1 saturated heterocycles. The van der Waals surface area contributed by atoms with Gasteiger partial charge in [0.25, 0.3) is 0 Å². The van der Waals surface area contributed by atoms with Crippen molar-refractivity contribution in [2.24, 2.45) is 0 Å². The van der Waals surface area contributed by atoms with E-state index in [1.165, 1.54) is 11.8 Å². The number of aromatic nitrogens is 3. The summed E-state index contributed by atoms with van der Waals surface area (Å²) in [6.07, 6.45) is 0. The smallest absolute Gasteiger partial charge is 0.228 e. The van der Waals surface area contributed by atoms with Gasteiger partial charge in [-0.15, -0.1) is 10.2 Å². The first-order valence-electron chi connectivity index (χ1n) is 10.4. The van der Waals surface area contributed by atoms with Crippen LogP contribution in [0.2, 0.25) is 0 Å². The molecule has 1 aromatic heterocycles. The van der Waals surface area contributed by atoms with Crippen LogP contribution >= 0.6 is 11.8 Å². The number of thioether (sulfide) groups is 1. The molecule has 0 bridgehead atoms. The van der Waals surface area contributed by atoms with Crippen LogP contribution in [0.25, 0.3) is 0 Å². The molecule has 2 heterocycles. The maximum Gasteiger partial charge on any atom is 0.228 e. The van der Waals surface area contributed by atoms with Crippen LogP contribution in [0.1, 0.15) is 15.9 Å². The number of hydrogen-bond acceptors (Lipinski definition) is 8. The first-order valence-corrected chi connectivity index (χ1v) is 11.4. The van der Waals surface area contributed by atoms with E-state index in [-0.39, 0.29) is 11.5 Å². The Morgan fingerprint density at radius 3 is 2.56 bits per heavy atom. The third-order valence-electron chi connectivity index (χ3n) is 5.22. The molecule has 0 radical (unpaired) electrons. The Kier molecular flexibility index (Phi) is 7.28. The summed E-state index contributed by atoms with van der Waals surface area (Å²) < 4.78 is 18.2. The Morgan fingerprint density at radius 2 is 1.84 bits per heavy atom. The molecular weight excluding hydrogens is 428 g/mol. The minimum Gasteiger partial charge on any atom is -0.497 e. The summed E-state index contributed by atoms with van der Waals surface area (Å²) in [5.74, 6) is 2.11. The summed E-state index contributed by atoms with van der Waals surface area (Å²) in [7, 11) is 3.13. The standard InChI is InChI=1S/C23H26N4O4S/c1-29-18-8-9-19(21(14-18)30-2)20(28)16-32-23-25-24-22(26-10-12-31-13-11-26)27(23)15-17-6-4-3-5-7-17/h3-9,14H,10-13,15-16H2,1-2H3. The fourth-order valence-electron chi connectivity index (χ4n) is 3.53. The predicted molar refractivity (Wildman–Crippen MR) is 123 cm³/mol. The summed E-state index contributed by atoms with van der Waals surface area (Å²) >= 11 is 1.38. The summed E-state index contributed by atoms with van der Waals surface area (Å²) in [5, 5.41) is 9.57. The number of carbonyl (C=O) groups excluding carboxylic acids is 1. The predicted octanol–water partition coefficient (Wildman–Crippen LogP) is 3.16. The van der Waals surface area contributed by atoms with Gasteiger partial charge in [0.05, 0.1) is 45.3 Å². The van der Waals surface area contributed by atoms with Gasteiger partial charge in [-0.25, -0.2) is 0 Å². The number of benzene rings is 2. The number of ketones is 1. The van der Waals surface area contributed by atoms with Gasteiger partial charge in [-0.05, 0) is 17.7 Å². The minimum atomic E-state index is -0.0447. The Bertz CT molecular complexity index is 1050. The van der Waals surface area contributed by atoms with Gasteiger partial charge in [0, 0.05) is 19.2 Å². The van der Waals surface area contributed by atoms with E-state index in [0.29, 0.717) is 42.0 Å². The van der Waals surface area contributed by atoms with Crippen LogP contribution in [0.15, 0.2) is 53.7 Å². The van der Waals surface area contributed by atoms with Gasteiger partial charge in [0.15, 0.2) is 10.9 Å². The number of morpholine rings is 1. The fourth-order valence-corrected chi connectivity index (χ4v) is 4.34. The molecule has 1 aliphatic heterocycles. The number of ether oxygens (including phenoxy) is 3. The van der Waals surface area contributed by atoms with E-state index in [2.05, 4.69) is 31.8 Å². The van der Waals surface area contributed by atoms with Gasteiger partial charge >= 0.3 is 0 Å². The Labute approximate surface area is 191 Å².